The Labute approximate surface area is 148 Å². The van der Waals surface area contributed by atoms with Crippen molar-refractivity contribution in [1.82, 2.24) is 14.8 Å². The fourth-order valence-electron chi connectivity index (χ4n) is 2.67. The molecule has 0 bridgehead atoms. The number of piperazine rings is 1. The number of carbonyl (C=O) groups is 1. The van der Waals surface area contributed by atoms with Crippen LogP contribution in [0.25, 0.3) is 0 Å². The lowest BCUT2D eigenvalue weighted by molar-refractivity contribution is 0.0628. The fourth-order valence-corrected chi connectivity index (χ4v) is 2.67. The third kappa shape index (κ3) is 5.26. The normalized spacial score (nSPS) is 14.6. The minimum atomic E-state index is -0.221. The number of benzene rings is 1. The van der Waals surface area contributed by atoms with Crippen LogP contribution in [0.3, 0.4) is 0 Å². The molecule has 3 rings (SSSR count). The number of anilines is 1. The molecule has 1 amide bonds. The van der Waals surface area contributed by atoms with Crippen LogP contribution in [0.1, 0.15) is 29.8 Å². The second-order valence-electron chi connectivity index (χ2n) is 5.67. The van der Waals surface area contributed by atoms with Crippen LogP contribution < -0.4 is 5.73 Å². The Morgan fingerprint density at radius 2 is 1.72 bits per heavy atom. The Morgan fingerprint density at radius 3 is 2.28 bits per heavy atom. The van der Waals surface area contributed by atoms with E-state index in [4.69, 9.17) is 5.73 Å². The van der Waals surface area contributed by atoms with E-state index in [1.165, 1.54) is 18.3 Å². The van der Waals surface area contributed by atoms with Gasteiger partial charge in [-0.3, -0.25) is 9.69 Å². The lowest BCUT2D eigenvalue weighted by Gasteiger charge is -2.34. The van der Waals surface area contributed by atoms with Crippen molar-refractivity contribution in [1.29, 1.82) is 0 Å². The molecule has 25 heavy (non-hydrogen) atoms. The van der Waals surface area contributed by atoms with Crippen molar-refractivity contribution >= 4 is 11.7 Å². The smallest absolute Gasteiger partial charge is 0.255 e. The van der Waals surface area contributed by atoms with Gasteiger partial charge in [0.25, 0.3) is 5.91 Å². The van der Waals surface area contributed by atoms with Gasteiger partial charge in [-0.1, -0.05) is 26.0 Å². The molecule has 2 N–H and O–H groups in total. The summed E-state index contributed by atoms with van der Waals surface area (Å²) in [6.45, 7) is 7.71. The van der Waals surface area contributed by atoms with Gasteiger partial charge in [0.1, 0.15) is 11.6 Å². The molecule has 1 aromatic carbocycles. The number of nitrogen functional groups attached to an aromatic ring is 1. The van der Waals surface area contributed by atoms with Crippen molar-refractivity contribution in [3.8, 4) is 0 Å². The van der Waals surface area contributed by atoms with Gasteiger partial charge in [0.2, 0.25) is 0 Å². The summed E-state index contributed by atoms with van der Waals surface area (Å²) >= 11 is 0. The molecule has 2 aromatic rings. The van der Waals surface area contributed by atoms with E-state index in [1.54, 1.807) is 24.3 Å². The van der Waals surface area contributed by atoms with Gasteiger partial charge in [0.15, 0.2) is 0 Å². The highest BCUT2D eigenvalue weighted by Crippen LogP contribution is 2.12. The molecular formula is C19H25FN4O. The first-order valence-electron chi connectivity index (χ1n) is 8.59. The fraction of sp³-hybridized carbons (Fsp3) is 0.368. The summed E-state index contributed by atoms with van der Waals surface area (Å²) in [4.78, 5) is 20.5. The lowest BCUT2D eigenvalue weighted by Crippen LogP contribution is -2.48. The molecule has 1 aromatic heterocycles. The third-order valence-corrected chi connectivity index (χ3v) is 4.01. The number of nitrogens with two attached hydrogens (primary N) is 1. The van der Waals surface area contributed by atoms with Crippen molar-refractivity contribution < 1.29 is 9.18 Å². The molecule has 1 fully saturated rings. The van der Waals surface area contributed by atoms with Gasteiger partial charge in [-0.2, -0.15) is 0 Å². The number of hydrogen-bond acceptors (Lipinski definition) is 4. The molecule has 6 heteroatoms. The molecule has 0 saturated carbocycles. The predicted molar refractivity (Wildman–Crippen MR) is 97.6 cm³/mol. The Kier molecular flexibility index (Phi) is 6.89. The number of amides is 1. The van der Waals surface area contributed by atoms with Crippen LogP contribution >= 0.6 is 0 Å². The van der Waals surface area contributed by atoms with E-state index in [2.05, 4.69) is 9.88 Å². The number of halogens is 1. The highest BCUT2D eigenvalue weighted by Gasteiger charge is 2.22. The minimum absolute atomic E-state index is 0.0149. The van der Waals surface area contributed by atoms with Gasteiger partial charge < -0.3 is 10.6 Å². The van der Waals surface area contributed by atoms with Gasteiger partial charge in [0.05, 0.1) is 5.56 Å². The summed E-state index contributed by atoms with van der Waals surface area (Å²) in [7, 11) is 0. The highest BCUT2D eigenvalue weighted by atomic mass is 19.1. The van der Waals surface area contributed by atoms with E-state index in [-0.39, 0.29) is 11.7 Å². The Hall–Kier alpha value is -2.47. The first-order chi connectivity index (χ1) is 12.1. The molecule has 1 aliphatic rings. The van der Waals surface area contributed by atoms with E-state index in [9.17, 15) is 9.18 Å². The first kappa shape index (κ1) is 18.9. The number of rotatable bonds is 3. The van der Waals surface area contributed by atoms with Crippen LogP contribution in [0.15, 0.2) is 42.6 Å². The van der Waals surface area contributed by atoms with Gasteiger partial charge in [-0.15, -0.1) is 0 Å². The van der Waals surface area contributed by atoms with Crippen molar-refractivity contribution in [2.75, 3.05) is 31.9 Å². The molecule has 134 valence electrons. The average molecular weight is 344 g/mol. The maximum Gasteiger partial charge on any atom is 0.255 e. The SMILES string of the molecule is CC.Nc1ccc(C(=O)N2CCN(Cc3ccc(F)cc3)CC2)cn1. The summed E-state index contributed by atoms with van der Waals surface area (Å²) < 4.78 is 12.9. The molecule has 5 nitrogen and oxygen atoms in total. The quantitative estimate of drug-likeness (QED) is 0.930. The van der Waals surface area contributed by atoms with E-state index >= 15 is 0 Å². The van der Waals surface area contributed by atoms with Crippen LogP contribution in [0.5, 0.6) is 0 Å². The summed E-state index contributed by atoms with van der Waals surface area (Å²) in [6.07, 6.45) is 1.52. The molecule has 0 radical (unpaired) electrons. The Morgan fingerprint density at radius 1 is 1.08 bits per heavy atom. The largest absolute Gasteiger partial charge is 0.384 e. The monoisotopic (exact) mass is 344 g/mol. The summed E-state index contributed by atoms with van der Waals surface area (Å²) in [5, 5.41) is 0. The van der Waals surface area contributed by atoms with Gasteiger partial charge in [-0.25, -0.2) is 9.37 Å². The van der Waals surface area contributed by atoms with Crippen molar-refractivity contribution in [2.24, 2.45) is 0 Å². The Bertz CT molecular complexity index is 665. The standard InChI is InChI=1S/C17H19FN4O.C2H6/c18-15-4-1-13(2-5-15)12-21-7-9-22(10-8-21)17(23)14-3-6-16(19)20-11-14;1-2/h1-6,11H,7-10,12H2,(H2,19,20);1-2H3. The highest BCUT2D eigenvalue weighted by molar-refractivity contribution is 5.94. The van der Waals surface area contributed by atoms with Gasteiger partial charge >= 0.3 is 0 Å². The summed E-state index contributed by atoms with van der Waals surface area (Å²) in [5.74, 6) is 0.172. The maximum absolute atomic E-state index is 12.9. The van der Waals surface area contributed by atoms with Crippen molar-refractivity contribution in [3.05, 3.63) is 59.5 Å². The topological polar surface area (TPSA) is 62.5 Å². The van der Waals surface area contributed by atoms with Crippen LogP contribution in [0, 0.1) is 5.82 Å². The zero-order chi connectivity index (χ0) is 18.2. The number of hydrogen-bond donors (Lipinski definition) is 1. The molecule has 0 aliphatic carbocycles. The van der Waals surface area contributed by atoms with Gasteiger partial charge in [0, 0.05) is 38.9 Å². The van der Waals surface area contributed by atoms with Crippen LogP contribution in [0.4, 0.5) is 10.2 Å². The number of pyridine rings is 1. The predicted octanol–water partition coefficient (Wildman–Crippen LogP) is 2.79. The van der Waals surface area contributed by atoms with E-state index < -0.39 is 0 Å². The third-order valence-electron chi connectivity index (χ3n) is 4.01. The molecular weight excluding hydrogens is 319 g/mol. The summed E-state index contributed by atoms with van der Waals surface area (Å²) in [5.41, 5.74) is 7.18. The number of carbonyl (C=O) groups excluding carboxylic acids is 1. The van der Waals surface area contributed by atoms with Crippen LogP contribution in [-0.2, 0) is 6.54 Å². The van der Waals surface area contributed by atoms with E-state index in [0.29, 0.717) is 24.5 Å². The summed E-state index contributed by atoms with van der Waals surface area (Å²) in [6, 6.07) is 9.89. The molecule has 0 atom stereocenters. The second-order valence-corrected chi connectivity index (χ2v) is 5.67. The van der Waals surface area contributed by atoms with Gasteiger partial charge in [-0.05, 0) is 29.8 Å². The van der Waals surface area contributed by atoms with Crippen LogP contribution in [-0.4, -0.2) is 46.9 Å². The lowest BCUT2D eigenvalue weighted by atomic mass is 10.2. The average Bonchev–Trinajstić information content (AvgIpc) is 2.66. The van der Waals surface area contributed by atoms with E-state index in [1.807, 2.05) is 18.7 Å². The first-order valence-corrected chi connectivity index (χ1v) is 8.59. The molecule has 2 heterocycles. The zero-order valence-electron chi connectivity index (χ0n) is 14.8. The molecule has 1 aliphatic heterocycles. The molecule has 0 unspecified atom stereocenters. The maximum atomic E-state index is 12.9. The van der Waals surface area contributed by atoms with E-state index in [0.717, 1.165) is 25.2 Å². The number of aromatic nitrogens is 1. The Balaban J connectivity index is 0.00000109. The van der Waals surface area contributed by atoms with Crippen molar-refractivity contribution in [3.63, 3.8) is 0 Å². The minimum Gasteiger partial charge on any atom is -0.384 e. The van der Waals surface area contributed by atoms with Crippen LogP contribution in [0.2, 0.25) is 0 Å². The van der Waals surface area contributed by atoms with Crippen molar-refractivity contribution in [2.45, 2.75) is 20.4 Å². The second kappa shape index (κ2) is 9.13. The molecule has 1 saturated heterocycles. The molecule has 0 spiro atoms. The number of nitrogens with zero attached hydrogens (tertiary/aromatic N) is 3. The zero-order valence-corrected chi connectivity index (χ0v) is 14.8.